The van der Waals surface area contributed by atoms with Crippen LogP contribution in [0.1, 0.15) is 19.4 Å². The van der Waals surface area contributed by atoms with Crippen LogP contribution in [0.25, 0.3) is 10.9 Å². The highest BCUT2D eigenvalue weighted by Gasteiger charge is 2.27. The molecule has 0 saturated heterocycles. The average molecular weight is 246 g/mol. The minimum atomic E-state index is -0.792. The highest BCUT2D eigenvalue weighted by Crippen LogP contribution is 2.24. The summed E-state index contributed by atoms with van der Waals surface area (Å²) in [7, 11) is 0. The predicted molar refractivity (Wildman–Crippen MR) is 71.2 cm³/mol. The maximum absolute atomic E-state index is 11.2. The van der Waals surface area contributed by atoms with E-state index in [-0.39, 0.29) is 0 Å². The van der Waals surface area contributed by atoms with Gasteiger partial charge in [0.25, 0.3) is 0 Å². The van der Waals surface area contributed by atoms with Crippen LogP contribution in [0.15, 0.2) is 30.5 Å². The van der Waals surface area contributed by atoms with E-state index in [4.69, 9.17) is 5.73 Å². The Hall–Kier alpha value is -1.81. The molecule has 0 aliphatic heterocycles. The Morgan fingerprint density at radius 2 is 2.11 bits per heavy atom. The van der Waals surface area contributed by atoms with Crippen LogP contribution in [-0.4, -0.2) is 15.6 Å². The molecule has 0 amide bonds. The van der Waals surface area contributed by atoms with E-state index < -0.39 is 11.4 Å². The van der Waals surface area contributed by atoms with Crippen molar-refractivity contribution in [1.29, 1.82) is 0 Å². The zero-order chi connectivity index (χ0) is 13.3. The first-order valence-corrected chi connectivity index (χ1v) is 5.95. The molecule has 0 bridgehead atoms. The van der Waals surface area contributed by atoms with Gasteiger partial charge in [0.05, 0.1) is 5.41 Å². The van der Waals surface area contributed by atoms with Crippen LogP contribution in [0.5, 0.6) is 0 Å². The molecule has 0 aliphatic rings. The van der Waals surface area contributed by atoms with Gasteiger partial charge in [-0.3, -0.25) is 4.79 Å². The molecule has 2 rings (SSSR count). The van der Waals surface area contributed by atoms with Crippen LogP contribution in [0.3, 0.4) is 0 Å². The van der Waals surface area contributed by atoms with Crippen LogP contribution in [0.2, 0.25) is 0 Å². The lowest BCUT2D eigenvalue weighted by molar-refractivity contribution is -0.147. The number of carboxylic acids is 1. The molecule has 0 unspecified atom stereocenters. The molecular formula is C14H18N2O2. The maximum atomic E-state index is 11.2. The highest BCUT2D eigenvalue weighted by atomic mass is 16.4. The fourth-order valence-corrected chi connectivity index (χ4v) is 1.99. The Labute approximate surface area is 106 Å². The van der Waals surface area contributed by atoms with E-state index in [2.05, 4.69) is 0 Å². The number of nitrogens with two attached hydrogens (primary N) is 1. The van der Waals surface area contributed by atoms with E-state index in [1.807, 2.05) is 35.0 Å². The van der Waals surface area contributed by atoms with Gasteiger partial charge in [0.15, 0.2) is 0 Å². The first-order valence-electron chi connectivity index (χ1n) is 5.95. The Kier molecular flexibility index (Phi) is 3.13. The SMILES string of the molecule is CC(C)(Cn1ccc2ccc(CN)cc21)C(=O)O. The van der Waals surface area contributed by atoms with Gasteiger partial charge >= 0.3 is 5.97 Å². The molecule has 1 heterocycles. The molecule has 96 valence electrons. The molecule has 2 aromatic rings. The number of benzene rings is 1. The topological polar surface area (TPSA) is 68.2 Å². The van der Waals surface area contributed by atoms with Crippen molar-refractivity contribution in [2.45, 2.75) is 26.9 Å². The molecule has 0 saturated carbocycles. The van der Waals surface area contributed by atoms with Crippen LogP contribution in [0.4, 0.5) is 0 Å². The first kappa shape index (κ1) is 12.6. The Balaban J connectivity index is 2.42. The van der Waals surface area contributed by atoms with Gasteiger partial charge in [0, 0.05) is 24.8 Å². The number of carboxylic acid groups (broad SMARTS) is 1. The lowest BCUT2D eigenvalue weighted by Gasteiger charge is -2.20. The third-order valence-corrected chi connectivity index (χ3v) is 3.22. The van der Waals surface area contributed by atoms with E-state index >= 15 is 0 Å². The minimum absolute atomic E-state index is 0.444. The standard InChI is InChI=1S/C14H18N2O2/c1-14(2,13(17)18)9-16-6-5-11-4-3-10(8-15)7-12(11)16/h3-7H,8-9,15H2,1-2H3,(H,17,18). The van der Waals surface area contributed by atoms with Gasteiger partial charge in [-0.1, -0.05) is 12.1 Å². The van der Waals surface area contributed by atoms with Gasteiger partial charge in [-0.25, -0.2) is 0 Å². The fraction of sp³-hybridized carbons (Fsp3) is 0.357. The number of aromatic nitrogens is 1. The molecule has 3 N–H and O–H groups in total. The number of rotatable bonds is 4. The van der Waals surface area contributed by atoms with Gasteiger partial charge in [0.2, 0.25) is 0 Å². The van der Waals surface area contributed by atoms with E-state index in [0.717, 1.165) is 16.5 Å². The second kappa shape index (κ2) is 4.46. The van der Waals surface area contributed by atoms with Gasteiger partial charge in [0.1, 0.15) is 0 Å². The summed E-state index contributed by atoms with van der Waals surface area (Å²) in [5.41, 5.74) is 6.93. The largest absolute Gasteiger partial charge is 0.481 e. The van der Waals surface area contributed by atoms with Crippen molar-refractivity contribution in [3.8, 4) is 0 Å². The second-order valence-electron chi connectivity index (χ2n) is 5.23. The lowest BCUT2D eigenvalue weighted by Crippen LogP contribution is -2.28. The van der Waals surface area contributed by atoms with Crippen LogP contribution < -0.4 is 5.73 Å². The molecule has 0 radical (unpaired) electrons. The zero-order valence-corrected chi connectivity index (χ0v) is 10.7. The maximum Gasteiger partial charge on any atom is 0.310 e. The summed E-state index contributed by atoms with van der Waals surface area (Å²) in [6, 6.07) is 8.03. The average Bonchev–Trinajstić information content (AvgIpc) is 2.71. The summed E-state index contributed by atoms with van der Waals surface area (Å²) in [6.45, 7) is 4.39. The number of nitrogens with zero attached hydrogens (tertiary/aromatic N) is 1. The smallest absolute Gasteiger partial charge is 0.310 e. The first-order chi connectivity index (χ1) is 8.44. The van der Waals surface area contributed by atoms with E-state index in [9.17, 15) is 9.90 Å². The normalized spacial score (nSPS) is 11.9. The van der Waals surface area contributed by atoms with Crippen molar-refractivity contribution in [2.24, 2.45) is 11.1 Å². The Morgan fingerprint density at radius 1 is 1.39 bits per heavy atom. The summed E-state index contributed by atoms with van der Waals surface area (Å²) >= 11 is 0. The third kappa shape index (κ3) is 2.24. The van der Waals surface area contributed by atoms with Gasteiger partial charge in [-0.2, -0.15) is 0 Å². The van der Waals surface area contributed by atoms with Gasteiger partial charge in [-0.15, -0.1) is 0 Å². The van der Waals surface area contributed by atoms with Crippen LogP contribution in [0, 0.1) is 5.41 Å². The molecule has 0 fully saturated rings. The molecular weight excluding hydrogens is 228 g/mol. The monoisotopic (exact) mass is 246 g/mol. The summed E-state index contributed by atoms with van der Waals surface area (Å²) in [5, 5.41) is 10.3. The molecule has 0 aliphatic carbocycles. The van der Waals surface area contributed by atoms with Crippen molar-refractivity contribution in [2.75, 3.05) is 0 Å². The minimum Gasteiger partial charge on any atom is -0.481 e. The summed E-state index contributed by atoms with van der Waals surface area (Å²) in [4.78, 5) is 11.2. The Morgan fingerprint density at radius 3 is 2.72 bits per heavy atom. The zero-order valence-electron chi connectivity index (χ0n) is 10.7. The van der Waals surface area contributed by atoms with Gasteiger partial charge in [-0.05, 0) is 36.9 Å². The third-order valence-electron chi connectivity index (χ3n) is 3.22. The Bertz CT molecular complexity index is 584. The molecule has 18 heavy (non-hydrogen) atoms. The van der Waals surface area contributed by atoms with Crippen LogP contribution in [-0.2, 0) is 17.9 Å². The molecule has 1 aromatic carbocycles. The molecule has 1 aromatic heterocycles. The van der Waals surface area contributed by atoms with Crippen molar-refractivity contribution in [3.05, 3.63) is 36.0 Å². The fourth-order valence-electron chi connectivity index (χ4n) is 1.99. The lowest BCUT2D eigenvalue weighted by atomic mass is 9.94. The number of aliphatic carboxylic acids is 1. The highest BCUT2D eigenvalue weighted by molar-refractivity contribution is 5.81. The molecule has 0 atom stereocenters. The summed E-state index contributed by atoms with van der Waals surface area (Å²) in [6.07, 6.45) is 1.93. The van der Waals surface area contributed by atoms with Crippen LogP contribution >= 0.6 is 0 Å². The number of fused-ring (bicyclic) bond motifs is 1. The van der Waals surface area contributed by atoms with Crippen molar-refractivity contribution < 1.29 is 9.90 Å². The van der Waals surface area contributed by atoms with Crippen molar-refractivity contribution >= 4 is 16.9 Å². The van der Waals surface area contributed by atoms with E-state index in [0.29, 0.717) is 13.1 Å². The summed E-state index contributed by atoms with van der Waals surface area (Å²) in [5.74, 6) is -0.792. The number of carbonyl (C=O) groups is 1. The number of hydrogen-bond acceptors (Lipinski definition) is 2. The predicted octanol–water partition coefficient (Wildman–Crippen LogP) is 2.21. The van der Waals surface area contributed by atoms with E-state index in [1.165, 1.54) is 0 Å². The summed E-state index contributed by atoms with van der Waals surface area (Å²) < 4.78 is 1.97. The molecule has 4 nitrogen and oxygen atoms in total. The van der Waals surface area contributed by atoms with Gasteiger partial charge < -0.3 is 15.4 Å². The quantitative estimate of drug-likeness (QED) is 0.869. The molecule has 4 heteroatoms. The number of hydrogen-bond donors (Lipinski definition) is 2. The van der Waals surface area contributed by atoms with E-state index in [1.54, 1.807) is 13.8 Å². The van der Waals surface area contributed by atoms with Crippen molar-refractivity contribution in [3.63, 3.8) is 0 Å². The molecule has 0 spiro atoms. The second-order valence-corrected chi connectivity index (χ2v) is 5.23. The van der Waals surface area contributed by atoms with Crippen molar-refractivity contribution in [1.82, 2.24) is 4.57 Å².